The van der Waals surface area contributed by atoms with Crippen LogP contribution in [-0.4, -0.2) is 32.8 Å². The normalized spacial score (nSPS) is 12.3. The van der Waals surface area contributed by atoms with Crippen LogP contribution in [0.5, 0.6) is 0 Å². The zero-order valence-electron chi connectivity index (χ0n) is 32.6. The summed E-state index contributed by atoms with van der Waals surface area (Å²) in [4.78, 5) is 14.4. The first-order chi connectivity index (χ1) is 24.0. The van der Waals surface area contributed by atoms with Gasteiger partial charge in [0.15, 0.2) is 0 Å². The zero-order valence-corrected chi connectivity index (χ0v) is 37.1. The average molecular weight is 930 g/mol. The number of imidazole rings is 1. The van der Waals surface area contributed by atoms with E-state index in [1.165, 1.54) is 5.56 Å². The molecule has 0 fully saturated rings. The molecule has 0 spiro atoms. The molecule has 7 rings (SSSR count). The van der Waals surface area contributed by atoms with E-state index in [-0.39, 0.29) is 31.1 Å². The standard InChI is InChI=1S/C27H28N3O.C18H24GeN.Ir/c1-26(2,3)16-18-12-13-19-20-15-17(11-14-23(20)31-25(19)28-18)24-29-21-9-7-8-10-22(21)30(24)27(4,5)6;1-14(2)11-16-12-18(15-9-7-6-8-10-15)20-13-17(16)19(3,4)5;/h7-10,12-15H,16H2,1-6H3;6-9,12-14H,11H2,1-5H3;/q2*-1;. The number of fused-ring (bicyclic) bond motifs is 4. The fraction of sp³-hybridized carbons (Fsp3) is 0.356. The van der Waals surface area contributed by atoms with Crippen molar-refractivity contribution in [2.45, 2.75) is 91.0 Å². The Morgan fingerprint density at radius 1 is 0.827 bits per heavy atom. The molecule has 3 aromatic carbocycles. The number of furan rings is 1. The Labute approximate surface area is 326 Å². The van der Waals surface area contributed by atoms with Gasteiger partial charge >= 0.3 is 126 Å². The van der Waals surface area contributed by atoms with E-state index in [2.05, 4.69) is 144 Å². The van der Waals surface area contributed by atoms with Gasteiger partial charge < -0.3 is 8.98 Å². The Balaban J connectivity index is 0.000000217. The number of hydrogen-bond donors (Lipinski definition) is 0. The summed E-state index contributed by atoms with van der Waals surface area (Å²) in [6.45, 7) is 17.9. The largest absolute Gasteiger partial charge is 0 e. The maximum atomic E-state index is 6.09. The van der Waals surface area contributed by atoms with Crippen molar-refractivity contribution in [2.75, 3.05) is 0 Å². The van der Waals surface area contributed by atoms with Gasteiger partial charge in [-0.25, -0.2) is 4.98 Å². The molecule has 0 atom stereocenters. The zero-order chi connectivity index (χ0) is 36.7. The molecular weight excluding hydrogens is 877 g/mol. The molecular formula is C45H52GeIrN4O-2. The summed E-state index contributed by atoms with van der Waals surface area (Å²) in [6.07, 6.45) is 4.18. The minimum Gasteiger partial charge on any atom is 0 e. The van der Waals surface area contributed by atoms with Crippen molar-refractivity contribution in [2.24, 2.45) is 11.3 Å². The molecule has 273 valence electrons. The van der Waals surface area contributed by atoms with Gasteiger partial charge in [-0.05, 0) is 56.9 Å². The monoisotopic (exact) mass is 931 g/mol. The third-order valence-electron chi connectivity index (χ3n) is 8.92. The van der Waals surface area contributed by atoms with E-state index >= 15 is 0 Å². The molecule has 0 aliphatic rings. The first-order valence-electron chi connectivity index (χ1n) is 18.2. The Bertz CT molecular complexity index is 2300. The van der Waals surface area contributed by atoms with Crippen molar-refractivity contribution >= 4 is 50.8 Å². The SMILES string of the molecule is CC(C)(C)Cc1ccc2c(n1)oc1c[c-]c(-c3nc4ccccc4n3C(C)(C)C)cc12.CC(C)Cc1cc(-c2[c-]cccc2)nc[c]1[Ge]([CH3])([CH3])[CH3].[Ir]. The van der Waals surface area contributed by atoms with Crippen LogP contribution in [-0.2, 0) is 38.5 Å². The number of pyridine rings is 2. The van der Waals surface area contributed by atoms with Crippen LogP contribution in [0.2, 0.25) is 17.3 Å². The van der Waals surface area contributed by atoms with E-state index in [1.807, 2.05) is 30.3 Å². The van der Waals surface area contributed by atoms with E-state index in [0.29, 0.717) is 11.6 Å². The van der Waals surface area contributed by atoms with Crippen LogP contribution in [0.1, 0.15) is 66.6 Å². The minimum absolute atomic E-state index is 0. The van der Waals surface area contributed by atoms with Gasteiger partial charge in [0.25, 0.3) is 0 Å². The molecule has 0 saturated heterocycles. The van der Waals surface area contributed by atoms with Crippen LogP contribution >= 0.6 is 0 Å². The predicted octanol–water partition coefficient (Wildman–Crippen LogP) is 11.4. The number of nitrogens with zero attached hydrogens (tertiary/aromatic N) is 4. The fourth-order valence-corrected chi connectivity index (χ4v) is 10.1. The molecule has 7 heteroatoms. The fourth-order valence-electron chi connectivity index (χ4n) is 6.78. The second kappa shape index (κ2) is 15.4. The van der Waals surface area contributed by atoms with Crippen LogP contribution in [0.4, 0.5) is 0 Å². The first-order valence-corrected chi connectivity index (χ1v) is 25.5. The third kappa shape index (κ3) is 8.95. The molecule has 5 nitrogen and oxygen atoms in total. The second-order valence-electron chi connectivity index (χ2n) is 17.4. The molecule has 0 N–H and O–H groups in total. The van der Waals surface area contributed by atoms with Crippen LogP contribution in [0.25, 0.3) is 55.7 Å². The second-order valence-corrected chi connectivity index (χ2v) is 28.0. The molecule has 0 aliphatic heterocycles. The van der Waals surface area contributed by atoms with E-state index in [4.69, 9.17) is 19.4 Å². The van der Waals surface area contributed by atoms with Crippen molar-refractivity contribution in [3.05, 3.63) is 108 Å². The molecule has 0 aliphatic carbocycles. The Morgan fingerprint density at radius 2 is 1.56 bits per heavy atom. The molecule has 7 aromatic rings. The number of hydrogen-bond acceptors (Lipinski definition) is 4. The van der Waals surface area contributed by atoms with Gasteiger partial charge in [-0.2, -0.15) is 0 Å². The van der Waals surface area contributed by atoms with Crippen LogP contribution < -0.4 is 4.40 Å². The molecule has 1 radical (unpaired) electrons. The molecule has 4 heterocycles. The minimum atomic E-state index is -1.86. The summed E-state index contributed by atoms with van der Waals surface area (Å²) in [6, 6.07) is 33.6. The van der Waals surface area contributed by atoms with E-state index in [0.717, 1.165) is 68.6 Å². The van der Waals surface area contributed by atoms with Gasteiger partial charge in [0.1, 0.15) is 0 Å². The smallest absolute Gasteiger partial charge is 0 e. The van der Waals surface area contributed by atoms with Crippen molar-refractivity contribution in [3.63, 3.8) is 0 Å². The van der Waals surface area contributed by atoms with Crippen LogP contribution in [0.15, 0.2) is 89.5 Å². The molecule has 0 amide bonds. The third-order valence-corrected chi connectivity index (χ3v) is 13.3. The molecule has 0 saturated carbocycles. The summed E-state index contributed by atoms with van der Waals surface area (Å²) in [7, 11) is 0. The van der Waals surface area contributed by atoms with Gasteiger partial charge in [0.05, 0.1) is 22.4 Å². The van der Waals surface area contributed by atoms with Crippen LogP contribution in [0, 0.1) is 23.5 Å². The molecule has 0 unspecified atom stereocenters. The Hall–Kier alpha value is -3.58. The average Bonchev–Trinajstić information content (AvgIpc) is 3.62. The van der Waals surface area contributed by atoms with Gasteiger partial charge in [-0.15, -0.1) is 23.8 Å². The number of rotatable bonds is 6. The Kier molecular flexibility index (Phi) is 11.7. The number of aromatic nitrogens is 4. The maximum absolute atomic E-state index is 6.09. The van der Waals surface area contributed by atoms with Crippen molar-refractivity contribution in [3.8, 4) is 22.6 Å². The Morgan fingerprint density at radius 3 is 2.21 bits per heavy atom. The van der Waals surface area contributed by atoms with Gasteiger partial charge in [0.2, 0.25) is 5.71 Å². The van der Waals surface area contributed by atoms with Crippen LogP contribution in [0.3, 0.4) is 0 Å². The van der Waals surface area contributed by atoms with Gasteiger partial charge in [-0.1, -0.05) is 38.3 Å². The van der Waals surface area contributed by atoms with Crippen molar-refractivity contribution in [1.29, 1.82) is 0 Å². The number of benzene rings is 3. The summed E-state index contributed by atoms with van der Waals surface area (Å²) in [5, 5.41) is 2.08. The van der Waals surface area contributed by atoms with Crippen molar-refractivity contribution < 1.29 is 24.5 Å². The van der Waals surface area contributed by atoms with E-state index in [9.17, 15) is 0 Å². The van der Waals surface area contributed by atoms with Gasteiger partial charge in [0, 0.05) is 36.7 Å². The summed E-state index contributed by atoms with van der Waals surface area (Å²) < 4.78 is 9.92. The van der Waals surface area contributed by atoms with Crippen molar-refractivity contribution in [1.82, 2.24) is 19.5 Å². The summed E-state index contributed by atoms with van der Waals surface area (Å²) in [5.41, 5.74) is 9.32. The predicted molar refractivity (Wildman–Crippen MR) is 217 cm³/mol. The van der Waals surface area contributed by atoms with E-state index < -0.39 is 13.3 Å². The van der Waals surface area contributed by atoms with Gasteiger partial charge in [-0.3, -0.25) is 4.98 Å². The maximum Gasteiger partial charge on any atom is 0 e. The molecule has 4 aromatic heterocycles. The summed E-state index contributed by atoms with van der Waals surface area (Å²) >= 11 is -1.86. The number of para-hydroxylation sites is 2. The summed E-state index contributed by atoms with van der Waals surface area (Å²) in [5.74, 6) is 8.91. The molecule has 52 heavy (non-hydrogen) atoms. The van der Waals surface area contributed by atoms with E-state index in [1.54, 1.807) is 4.40 Å². The topological polar surface area (TPSA) is 56.7 Å². The first kappa shape index (κ1) is 39.6. The molecule has 0 bridgehead atoms. The quantitative estimate of drug-likeness (QED) is 0.123.